The molecule has 32 heavy (non-hydrogen) atoms. The molecule has 0 bridgehead atoms. The summed E-state index contributed by atoms with van der Waals surface area (Å²) in [5.74, 6) is 0. The number of fused-ring (bicyclic) bond motifs is 1. The fraction of sp³-hybridized carbons (Fsp3) is 0.0333. The fourth-order valence-corrected chi connectivity index (χ4v) is 10.4. The number of hydrogen-bond acceptors (Lipinski definition) is 1. The van der Waals surface area contributed by atoms with E-state index in [1.54, 1.807) is 0 Å². The van der Waals surface area contributed by atoms with Gasteiger partial charge in [0.15, 0.2) is 0 Å². The molecule has 1 nitrogen and oxygen atoms in total. The molecule has 0 saturated carbocycles. The van der Waals surface area contributed by atoms with E-state index in [1.165, 1.54) is 21.2 Å². The second-order valence-corrected chi connectivity index (χ2v) is 13.6. The maximum absolute atomic E-state index is 9.32. The van der Waals surface area contributed by atoms with Crippen LogP contribution in [-0.4, -0.2) is 6.66 Å². The van der Waals surface area contributed by atoms with Crippen LogP contribution in [0.4, 0.5) is 0 Å². The molecule has 0 aromatic heterocycles. The van der Waals surface area contributed by atoms with Gasteiger partial charge in [0.1, 0.15) is 0 Å². The summed E-state index contributed by atoms with van der Waals surface area (Å²) >= 11 is 0. The first-order chi connectivity index (χ1) is 15.6. The molecule has 0 fully saturated rings. The van der Waals surface area contributed by atoms with Crippen molar-refractivity contribution in [2.45, 2.75) is 0 Å². The van der Waals surface area contributed by atoms with Gasteiger partial charge in [-0.15, -0.1) is 0 Å². The van der Waals surface area contributed by atoms with Crippen molar-refractivity contribution in [3.63, 3.8) is 0 Å². The number of hydrogen-bond donors (Lipinski definition) is 0. The van der Waals surface area contributed by atoms with Crippen molar-refractivity contribution in [2.75, 3.05) is 6.66 Å². The zero-order valence-electron chi connectivity index (χ0n) is 18.0. The summed E-state index contributed by atoms with van der Waals surface area (Å²) in [4.78, 5) is 0. The van der Waals surface area contributed by atoms with Gasteiger partial charge in [-0.3, -0.25) is 0 Å². The minimum atomic E-state index is -3.03. The molecule has 0 heterocycles. The van der Waals surface area contributed by atoms with Crippen LogP contribution in [0.5, 0.6) is 0 Å². The van der Waals surface area contributed by atoms with Crippen LogP contribution in [0.15, 0.2) is 127 Å². The molecule has 2 heteroatoms. The Kier molecular flexibility index (Phi) is 4.90. The fourth-order valence-electron chi connectivity index (χ4n) is 4.95. The van der Waals surface area contributed by atoms with Crippen LogP contribution in [-0.2, 0) is 0 Å². The van der Waals surface area contributed by atoms with E-state index < -0.39 is 6.60 Å². The summed E-state index contributed by atoms with van der Waals surface area (Å²) in [6.07, 6.45) is 0. The van der Waals surface area contributed by atoms with Gasteiger partial charge in [-0.2, -0.15) is 0 Å². The first-order valence-corrected chi connectivity index (χ1v) is 13.5. The predicted octanol–water partition coefficient (Wildman–Crippen LogP) is 5.50. The molecule has 0 aliphatic carbocycles. The maximum atomic E-state index is 9.32. The summed E-state index contributed by atoms with van der Waals surface area (Å²) in [5.41, 5.74) is 0.688. The van der Waals surface area contributed by atoms with Gasteiger partial charge in [-0.05, 0) is 0 Å². The van der Waals surface area contributed by atoms with E-state index in [9.17, 15) is 5.26 Å². The Labute approximate surface area is 189 Å². The summed E-state index contributed by atoms with van der Waals surface area (Å²) in [6.45, 7) is -0.559. The number of nitriles is 1. The van der Waals surface area contributed by atoms with Crippen molar-refractivity contribution < 1.29 is 0 Å². The predicted molar refractivity (Wildman–Crippen MR) is 139 cm³/mol. The van der Waals surface area contributed by atoms with E-state index in [1.807, 2.05) is 12.1 Å². The quantitative estimate of drug-likeness (QED) is 0.346. The molecule has 154 valence electrons. The third kappa shape index (κ3) is 2.89. The van der Waals surface area contributed by atoms with Crippen molar-refractivity contribution in [3.05, 3.63) is 133 Å². The van der Waals surface area contributed by atoms with Gasteiger partial charge in [0.25, 0.3) is 0 Å². The SMILES string of the molecule is CP(c1ccccc1)(c1ccccc1)(c1ccccc1)c1ccc2cc(C#N)ccc2c1. The summed E-state index contributed by atoms with van der Waals surface area (Å²) in [6, 6.07) is 47.8. The monoisotopic (exact) mass is 429 g/mol. The molecule has 0 radical (unpaired) electrons. The van der Waals surface area contributed by atoms with Crippen LogP contribution in [0.25, 0.3) is 10.8 Å². The third-order valence-corrected chi connectivity index (χ3v) is 13.1. The number of nitrogens with zero attached hydrogens (tertiary/aromatic N) is 1. The van der Waals surface area contributed by atoms with E-state index in [2.05, 4.69) is 128 Å². The molecular weight excluding hydrogens is 405 g/mol. The Balaban J connectivity index is 1.95. The molecule has 0 aliphatic heterocycles. The van der Waals surface area contributed by atoms with Crippen LogP contribution in [0.2, 0.25) is 0 Å². The topological polar surface area (TPSA) is 23.8 Å². The first-order valence-electron chi connectivity index (χ1n) is 10.8. The van der Waals surface area contributed by atoms with Crippen LogP contribution < -0.4 is 21.2 Å². The molecule has 0 atom stereocenters. The molecule has 0 amide bonds. The second-order valence-electron chi connectivity index (χ2n) is 8.43. The number of benzene rings is 5. The molecule has 0 unspecified atom stereocenters. The molecule has 0 spiro atoms. The van der Waals surface area contributed by atoms with Gasteiger partial charge >= 0.3 is 190 Å². The van der Waals surface area contributed by atoms with Gasteiger partial charge < -0.3 is 0 Å². The molecular formula is C30H24NP. The van der Waals surface area contributed by atoms with Gasteiger partial charge in [0.05, 0.1) is 0 Å². The minimum absolute atomic E-state index is 0.688. The average Bonchev–Trinajstić information content (AvgIpc) is 2.89. The Morgan fingerprint density at radius 2 is 0.938 bits per heavy atom. The summed E-state index contributed by atoms with van der Waals surface area (Å²) < 4.78 is 0. The first kappa shape index (κ1) is 20.2. The third-order valence-electron chi connectivity index (χ3n) is 6.80. The van der Waals surface area contributed by atoms with Crippen molar-refractivity contribution >= 4 is 38.6 Å². The van der Waals surface area contributed by atoms with E-state index in [0.29, 0.717) is 5.56 Å². The van der Waals surface area contributed by atoms with Gasteiger partial charge in [-0.1, -0.05) is 0 Å². The van der Waals surface area contributed by atoms with Crippen LogP contribution >= 0.6 is 6.60 Å². The van der Waals surface area contributed by atoms with E-state index in [4.69, 9.17) is 0 Å². The van der Waals surface area contributed by atoms with Crippen LogP contribution in [0.1, 0.15) is 5.56 Å². The van der Waals surface area contributed by atoms with Crippen molar-refractivity contribution in [1.29, 1.82) is 5.26 Å². The van der Waals surface area contributed by atoms with Gasteiger partial charge in [0.2, 0.25) is 0 Å². The molecule has 5 aromatic carbocycles. The van der Waals surface area contributed by atoms with Gasteiger partial charge in [0, 0.05) is 0 Å². The Bertz CT molecular complexity index is 1340. The Morgan fingerprint density at radius 1 is 0.500 bits per heavy atom. The van der Waals surface area contributed by atoms with Crippen LogP contribution in [0, 0.1) is 11.3 Å². The zero-order chi connectivity index (χ0) is 22.0. The van der Waals surface area contributed by atoms with E-state index >= 15 is 0 Å². The zero-order valence-corrected chi connectivity index (χ0v) is 18.9. The molecule has 0 aliphatic rings. The van der Waals surface area contributed by atoms with E-state index in [0.717, 1.165) is 10.8 Å². The average molecular weight is 430 g/mol. The molecule has 5 rings (SSSR count). The number of rotatable bonds is 4. The summed E-state index contributed by atoms with van der Waals surface area (Å²) in [7, 11) is 0. The second kappa shape index (κ2) is 7.76. The van der Waals surface area contributed by atoms with Crippen molar-refractivity contribution in [2.24, 2.45) is 0 Å². The Morgan fingerprint density at radius 3 is 1.41 bits per heavy atom. The van der Waals surface area contributed by atoms with Crippen LogP contribution in [0.3, 0.4) is 0 Å². The standard InChI is InChI=1S/C30H24NP/c1-32(27-11-5-2-6-12-27,28-13-7-3-8-14-28,29-15-9-4-10-16-29)30-20-19-25-21-24(23-31)17-18-26(25)22-30/h2-22H,1H3. The normalized spacial score (nSPS) is 12.6. The molecule has 5 aromatic rings. The van der Waals surface area contributed by atoms with Gasteiger partial charge in [-0.25, -0.2) is 0 Å². The van der Waals surface area contributed by atoms with E-state index in [-0.39, 0.29) is 0 Å². The molecule has 0 N–H and O–H groups in total. The Hall–Kier alpha value is -3.72. The van der Waals surface area contributed by atoms with Crippen molar-refractivity contribution in [1.82, 2.24) is 0 Å². The summed E-state index contributed by atoms with van der Waals surface area (Å²) in [5, 5.41) is 16.9. The van der Waals surface area contributed by atoms with Crippen molar-refractivity contribution in [3.8, 4) is 6.07 Å². The molecule has 0 saturated heterocycles.